The van der Waals surface area contributed by atoms with E-state index in [0.29, 0.717) is 5.95 Å². The maximum absolute atomic E-state index is 6.55. The summed E-state index contributed by atoms with van der Waals surface area (Å²) in [6.45, 7) is 4.00. The second-order valence-corrected chi connectivity index (χ2v) is 15.7. The Bertz CT molecular complexity index is 3890. The van der Waals surface area contributed by atoms with Crippen LogP contribution >= 0.6 is 0 Å². The number of hydrogen-bond donors (Lipinski definition) is 0. The summed E-state index contributed by atoms with van der Waals surface area (Å²) in [7, 11) is 0. The third kappa shape index (κ3) is 5.78. The first-order chi connectivity index (χ1) is 31.2. The van der Waals surface area contributed by atoms with Gasteiger partial charge in [0.2, 0.25) is 5.95 Å². The van der Waals surface area contributed by atoms with E-state index in [1.807, 2.05) is 50.2 Å². The zero-order valence-corrected chi connectivity index (χ0v) is 34.7. The Morgan fingerprint density at radius 2 is 0.968 bits per heavy atom. The van der Waals surface area contributed by atoms with Gasteiger partial charge in [-0.25, -0.2) is 9.97 Å². The van der Waals surface area contributed by atoms with E-state index in [1.165, 1.54) is 0 Å². The molecule has 0 aliphatic heterocycles. The Kier molecular flexibility index (Phi) is 8.54. The molecule has 0 N–H and O–H groups in total. The van der Waals surface area contributed by atoms with Gasteiger partial charge in [-0.05, 0) is 64.7 Å². The van der Waals surface area contributed by atoms with E-state index in [9.17, 15) is 0 Å². The van der Waals surface area contributed by atoms with Gasteiger partial charge in [0, 0.05) is 54.4 Å². The monoisotopic (exact) mass is 809 g/mol. The molecule has 0 aliphatic rings. The highest BCUT2D eigenvalue weighted by Gasteiger charge is 2.22. The summed E-state index contributed by atoms with van der Waals surface area (Å²) in [5.74, 6) is 0.614. The molecular weight excluding hydrogens is 771 g/mol. The molecule has 9 aromatic carbocycles. The minimum absolute atomic E-state index is 0.614. The number of furan rings is 2. The third-order valence-corrected chi connectivity index (χ3v) is 12.2. The van der Waals surface area contributed by atoms with Crippen molar-refractivity contribution >= 4 is 76.6 Å². The lowest BCUT2D eigenvalue weighted by Crippen LogP contribution is -2.04. The van der Waals surface area contributed by atoms with Gasteiger partial charge in [0.15, 0.2) is 0 Å². The fourth-order valence-electron chi connectivity index (χ4n) is 9.50. The SMILES string of the molecule is CC.c1ccc(-c2nc(-n3c4ccc(-c5cccc6c5oc5ccccc56)cc4c4cccc(-c5cccc(-c6cccc7oc8ccccc8c67)c5)c43)nc3ccccc23)cc1. The van der Waals surface area contributed by atoms with Crippen molar-refractivity contribution < 1.29 is 8.83 Å². The standard InChI is InChI=1S/C56H33N3O2.C2H6/c1-2-14-34(15-3-1)53-44-19-4-7-26-47(44)57-56(58-53)59-48-31-30-37(40-23-12-25-43-41-18-5-8-27-49(41)61-55(40)43)33-46(48)42-24-11-22-39(54(42)59)36-17-10-16-35(32-36)38-21-13-29-51-52(38)45-20-6-9-28-50(45)60-51;1-2/h1-33H;1-2H3. The molecule has 4 heterocycles. The molecule has 0 fully saturated rings. The Labute approximate surface area is 363 Å². The van der Waals surface area contributed by atoms with Crippen molar-refractivity contribution in [3.8, 4) is 50.6 Å². The molecule has 5 nitrogen and oxygen atoms in total. The Balaban J connectivity index is 0.00000208. The van der Waals surface area contributed by atoms with Crippen LogP contribution in [-0.2, 0) is 0 Å². The van der Waals surface area contributed by atoms with E-state index in [2.05, 4.69) is 168 Å². The molecule has 13 aromatic rings. The summed E-state index contributed by atoms with van der Waals surface area (Å²) in [5, 5.41) is 7.67. The normalized spacial score (nSPS) is 11.7. The summed E-state index contributed by atoms with van der Waals surface area (Å²) in [6.07, 6.45) is 0. The Morgan fingerprint density at radius 3 is 1.81 bits per heavy atom. The molecule has 0 radical (unpaired) electrons. The van der Waals surface area contributed by atoms with Crippen molar-refractivity contribution in [2.24, 2.45) is 0 Å². The first kappa shape index (κ1) is 36.6. The average molecular weight is 810 g/mol. The van der Waals surface area contributed by atoms with Crippen LogP contribution in [0.3, 0.4) is 0 Å². The predicted octanol–water partition coefficient (Wildman–Crippen LogP) is 16.2. The highest BCUT2D eigenvalue weighted by molar-refractivity contribution is 6.17. The van der Waals surface area contributed by atoms with Gasteiger partial charge >= 0.3 is 0 Å². The molecule has 0 saturated heterocycles. The predicted molar refractivity (Wildman–Crippen MR) is 262 cm³/mol. The summed E-state index contributed by atoms with van der Waals surface area (Å²) >= 11 is 0. The molecule has 0 unspecified atom stereocenters. The molecule has 0 atom stereocenters. The third-order valence-electron chi connectivity index (χ3n) is 12.2. The maximum Gasteiger partial charge on any atom is 0.235 e. The average Bonchev–Trinajstić information content (AvgIpc) is 4.04. The molecule has 0 bridgehead atoms. The molecule has 298 valence electrons. The van der Waals surface area contributed by atoms with Crippen LogP contribution in [-0.4, -0.2) is 14.5 Å². The first-order valence-corrected chi connectivity index (χ1v) is 21.6. The van der Waals surface area contributed by atoms with E-state index in [4.69, 9.17) is 18.8 Å². The quantitative estimate of drug-likeness (QED) is 0.174. The number of aromatic nitrogens is 3. The van der Waals surface area contributed by atoms with Crippen LogP contribution in [0.4, 0.5) is 0 Å². The van der Waals surface area contributed by atoms with Gasteiger partial charge in [-0.3, -0.25) is 4.57 Å². The van der Waals surface area contributed by atoms with Crippen molar-refractivity contribution in [1.82, 2.24) is 14.5 Å². The van der Waals surface area contributed by atoms with Crippen molar-refractivity contribution in [2.75, 3.05) is 0 Å². The van der Waals surface area contributed by atoms with Crippen LogP contribution in [0, 0.1) is 0 Å². The lowest BCUT2D eigenvalue weighted by atomic mass is 9.95. The highest BCUT2D eigenvalue weighted by atomic mass is 16.3. The van der Waals surface area contributed by atoms with Gasteiger partial charge < -0.3 is 8.83 Å². The summed E-state index contributed by atoms with van der Waals surface area (Å²) in [6, 6.07) is 70.2. The van der Waals surface area contributed by atoms with Crippen molar-refractivity contribution in [1.29, 1.82) is 0 Å². The fourth-order valence-corrected chi connectivity index (χ4v) is 9.50. The second kappa shape index (κ2) is 14.7. The van der Waals surface area contributed by atoms with Gasteiger partial charge in [0.05, 0.1) is 22.2 Å². The number of rotatable bonds is 5. The molecule has 0 spiro atoms. The number of nitrogens with zero attached hydrogens (tertiary/aromatic N) is 3. The highest BCUT2D eigenvalue weighted by Crippen LogP contribution is 2.44. The van der Waals surface area contributed by atoms with Crippen LogP contribution in [0.25, 0.3) is 127 Å². The number of benzene rings is 9. The van der Waals surface area contributed by atoms with Gasteiger partial charge in [0.1, 0.15) is 22.3 Å². The summed E-state index contributed by atoms with van der Waals surface area (Å²) < 4.78 is 15.1. The van der Waals surface area contributed by atoms with Crippen LogP contribution in [0.5, 0.6) is 0 Å². The van der Waals surface area contributed by atoms with E-state index >= 15 is 0 Å². The van der Waals surface area contributed by atoms with Crippen molar-refractivity contribution in [2.45, 2.75) is 13.8 Å². The molecule has 0 amide bonds. The maximum atomic E-state index is 6.55. The van der Waals surface area contributed by atoms with Gasteiger partial charge in [-0.2, -0.15) is 0 Å². The van der Waals surface area contributed by atoms with Crippen molar-refractivity contribution in [3.05, 3.63) is 200 Å². The van der Waals surface area contributed by atoms with Gasteiger partial charge in [-0.1, -0.05) is 172 Å². The largest absolute Gasteiger partial charge is 0.456 e. The fraction of sp³-hybridized carbons (Fsp3) is 0.0345. The second-order valence-electron chi connectivity index (χ2n) is 15.7. The van der Waals surface area contributed by atoms with Crippen LogP contribution in [0.2, 0.25) is 0 Å². The van der Waals surface area contributed by atoms with Crippen LogP contribution in [0.15, 0.2) is 209 Å². The lowest BCUT2D eigenvalue weighted by molar-refractivity contribution is 0.669. The van der Waals surface area contributed by atoms with Gasteiger partial charge in [-0.15, -0.1) is 0 Å². The number of hydrogen-bond acceptors (Lipinski definition) is 4. The summed E-state index contributed by atoms with van der Waals surface area (Å²) in [5.41, 5.74) is 14.9. The topological polar surface area (TPSA) is 57.0 Å². The smallest absolute Gasteiger partial charge is 0.235 e. The van der Waals surface area contributed by atoms with Crippen LogP contribution in [0.1, 0.15) is 13.8 Å². The molecule has 13 rings (SSSR count). The molecule has 63 heavy (non-hydrogen) atoms. The summed E-state index contributed by atoms with van der Waals surface area (Å²) in [4.78, 5) is 10.8. The zero-order chi connectivity index (χ0) is 42.0. The molecule has 4 aromatic heterocycles. The van der Waals surface area contributed by atoms with E-state index in [-0.39, 0.29) is 0 Å². The molecule has 0 aliphatic carbocycles. The minimum Gasteiger partial charge on any atom is -0.456 e. The lowest BCUT2D eigenvalue weighted by Gasteiger charge is -2.14. The molecular formula is C58H39N3O2. The molecule has 0 saturated carbocycles. The van der Waals surface area contributed by atoms with E-state index < -0.39 is 0 Å². The zero-order valence-electron chi connectivity index (χ0n) is 34.7. The van der Waals surface area contributed by atoms with E-state index in [0.717, 1.165) is 121 Å². The van der Waals surface area contributed by atoms with Crippen LogP contribution < -0.4 is 0 Å². The Morgan fingerprint density at radius 1 is 0.381 bits per heavy atom. The van der Waals surface area contributed by atoms with Gasteiger partial charge in [0.25, 0.3) is 0 Å². The minimum atomic E-state index is 0.614. The Hall–Kier alpha value is -8.28. The first-order valence-electron chi connectivity index (χ1n) is 21.6. The van der Waals surface area contributed by atoms with E-state index in [1.54, 1.807) is 0 Å². The van der Waals surface area contributed by atoms with Crippen molar-refractivity contribution in [3.63, 3.8) is 0 Å². The number of fused-ring (bicyclic) bond motifs is 10. The molecule has 5 heteroatoms. The number of para-hydroxylation sites is 5.